The van der Waals surface area contributed by atoms with Crippen LogP contribution >= 0.6 is 0 Å². The van der Waals surface area contributed by atoms with Crippen molar-refractivity contribution in [2.24, 2.45) is 0 Å². The summed E-state index contributed by atoms with van der Waals surface area (Å²) in [5.74, 6) is 1.01. The van der Waals surface area contributed by atoms with Gasteiger partial charge < -0.3 is 19.0 Å². The van der Waals surface area contributed by atoms with Crippen LogP contribution in [0.5, 0.6) is 5.75 Å². The standard InChI is InChI=1S/C25H23N3O4/c1-2-31-21-11-7-8-16-14-18(25(30)32-23(16)21)24(29)27-19-10-4-3-9-17(19)20-15-28-13-6-5-12-22(28)26-20/h3-4,7-11,14-15H,2,5-6,12-13H2,1H3,(H,27,29). The van der Waals surface area contributed by atoms with Gasteiger partial charge in [-0.2, -0.15) is 0 Å². The Balaban J connectivity index is 1.48. The van der Waals surface area contributed by atoms with E-state index in [1.54, 1.807) is 24.3 Å². The maximum Gasteiger partial charge on any atom is 0.349 e. The molecular formula is C25H23N3O4. The van der Waals surface area contributed by atoms with Gasteiger partial charge in [0, 0.05) is 30.1 Å². The highest BCUT2D eigenvalue weighted by Gasteiger charge is 2.19. The number of hydrogen-bond donors (Lipinski definition) is 1. The van der Waals surface area contributed by atoms with Crippen LogP contribution in [0.1, 0.15) is 35.9 Å². The van der Waals surface area contributed by atoms with Crippen molar-refractivity contribution in [1.29, 1.82) is 0 Å². The van der Waals surface area contributed by atoms with Crippen LogP contribution < -0.4 is 15.7 Å². The molecule has 0 radical (unpaired) electrons. The van der Waals surface area contributed by atoms with Gasteiger partial charge in [0.25, 0.3) is 5.91 Å². The fourth-order valence-electron chi connectivity index (χ4n) is 4.09. The molecule has 5 rings (SSSR count). The molecule has 0 unspecified atom stereocenters. The van der Waals surface area contributed by atoms with Crippen LogP contribution in [0.15, 0.2) is 63.9 Å². The van der Waals surface area contributed by atoms with Crippen molar-refractivity contribution in [2.45, 2.75) is 32.7 Å². The molecule has 32 heavy (non-hydrogen) atoms. The summed E-state index contributed by atoms with van der Waals surface area (Å²) in [5.41, 5.74) is 1.77. The van der Waals surface area contributed by atoms with Crippen LogP contribution in [-0.4, -0.2) is 22.1 Å². The normalized spacial score (nSPS) is 13.0. The Morgan fingerprint density at radius 2 is 2.06 bits per heavy atom. The molecule has 0 aliphatic carbocycles. The molecule has 1 aliphatic rings. The molecule has 1 amide bonds. The Kier molecular flexibility index (Phi) is 5.23. The van der Waals surface area contributed by atoms with Gasteiger partial charge in [-0.3, -0.25) is 4.79 Å². The van der Waals surface area contributed by atoms with Crippen LogP contribution in [0.25, 0.3) is 22.2 Å². The van der Waals surface area contributed by atoms with E-state index in [2.05, 4.69) is 9.88 Å². The number of aromatic nitrogens is 2. The van der Waals surface area contributed by atoms with Gasteiger partial charge in [-0.1, -0.05) is 30.3 Å². The fourth-order valence-corrected chi connectivity index (χ4v) is 4.09. The molecule has 3 heterocycles. The number of ether oxygens (including phenoxy) is 1. The molecule has 0 saturated heterocycles. The lowest BCUT2D eigenvalue weighted by Gasteiger charge is -2.11. The fraction of sp³-hybridized carbons (Fsp3) is 0.240. The smallest absolute Gasteiger partial charge is 0.349 e. The van der Waals surface area contributed by atoms with Gasteiger partial charge in [0.1, 0.15) is 11.4 Å². The number of anilines is 1. The molecule has 0 bridgehead atoms. The summed E-state index contributed by atoms with van der Waals surface area (Å²) in [5, 5.41) is 3.49. The molecule has 162 valence electrons. The number of benzene rings is 2. The highest BCUT2D eigenvalue weighted by molar-refractivity contribution is 6.07. The van der Waals surface area contributed by atoms with E-state index >= 15 is 0 Å². The number of carbonyl (C=O) groups is 1. The number of hydrogen-bond acceptors (Lipinski definition) is 5. The number of amides is 1. The van der Waals surface area contributed by atoms with Crippen molar-refractivity contribution in [3.8, 4) is 17.0 Å². The number of rotatable bonds is 5. The van der Waals surface area contributed by atoms with Crippen molar-refractivity contribution in [2.75, 3.05) is 11.9 Å². The molecule has 1 N–H and O–H groups in total. The first-order valence-corrected chi connectivity index (χ1v) is 10.8. The van der Waals surface area contributed by atoms with E-state index in [9.17, 15) is 9.59 Å². The van der Waals surface area contributed by atoms with E-state index < -0.39 is 11.5 Å². The molecule has 0 atom stereocenters. The van der Waals surface area contributed by atoms with Gasteiger partial charge in [-0.05, 0) is 38.0 Å². The maximum absolute atomic E-state index is 13.0. The SMILES string of the molecule is CCOc1cccc2cc(C(=O)Nc3ccccc3-c3cn4c(n3)CCCC4)c(=O)oc12. The van der Waals surface area contributed by atoms with E-state index in [4.69, 9.17) is 14.1 Å². The molecule has 7 heteroatoms. The summed E-state index contributed by atoms with van der Waals surface area (Å²) in [6.07, 6.45) is 5.26. The second-order valence-electron chi connectivity index (χ2n) is 7.75. The molecular weight excluding hydrogens is 406 g/mol. The van der Waals surface area contributed by atoms with Crippen LogP contribution in [0, 0.1) is 0 Å². The monoisotopic (exact) mass is 429 g/mol. The van der Waals surface area contributed by atoms with E-state index in [1.807, 2.05) is 31.3 Å². The lowest BCUT2D eigenvalue weighted by atomic mass is 10.1. The lowest BCUT2D eigenvalue weighted by Crippen LogP contribution is -2.21. The molecule has 0 spiro atoms. The Labute approximate surface area is 184 Å². The van der Waals surface area contributed by atoms with Gasteiger partial charge in [-0.25, -0.2) is 9.78 Å². The average molecular weight is 429 g/mol. The molecule has 0 fully saturated rings. The number of nitrogens with zero attached hydrogens (tertiary/aromatic N) is 2. The summed E-state index contributed by atoms with van der Waals surface area (Å²) in [4.78, 5) is 30.4. The summed E-state index contributed by atoms with van der Waals surface area (Å²) in [7, 11) is 0. The van der Waals surface area contributed by atoms with E-state index in [-0.39, 0.29) is 5.56 Å². The van der Waals surface area contributed by atoms with Crippen LogP contribution in [0.3, 0.4) is 0 Å². The first-order valence-electron chi connectivity index (χ1n) is 10.8. The van der Waals surface area contributed by atoms with Crippen LogP contribution in [0.4, 0.5) is 5.69 Å². The van der Waals surface area contributed by atoms with Gasteiger partial charge in [-0.15, -0.1) is 0 Å². The second-order valence-corrected chi connectivity index (χ2v) is 7.75. The quantitative estimate of drug-likeness (QED) is 0.467. The van der Waals surface area contributed by atoms with Crippen molar-refractivity contribution in [3.05, 3.63) is 76.5 Å². The number of aryl methyl sites for hydroxylation is 2. The number of para-hydroxylation sites is 2. The molecule has 4 aromatic rings. The summed E-state index contributed by atoms with van der Waals surface area (Å²) < 4.78 is 13.1. The van der Waals surface area contributed by atoms with E-state index in [0.29, 0.717) is 29.0 Å². The van der Waals surface area contributed by atoms with Crippen molar-refractivity contribution in [1.82, 2.24) is 9.55 Å². The summed E-state index contributed by atoms with van der Waals surface area (Å²) >= 11 is 0. The molecule has 2 aromatic carbocycles. The lowest BCUT2D eigenvalue weighted by molar-refractivity contribution is 0.102. The third-order valence-corrected chi connectivity index (χ3v) is 5.63. The third-order valence-electron chi connectivity index (χ3n) is 5.63. The van der Waals surface area contributed by atoms with Crippen LogP contribution in [0.2, 0.25) is 0 Å². The van der Waals surface area contributed by atoms with E-state index in [1.165, 1.54) is 6.07 Å². The molecule has 0 saturated carbocycles. The Hall–Kier alpha value is -3.87. The topological polar surface area (TPSA) is 86.4 Å². The number of fused-ring (bicyclic) bond motifs is 2. The first kappa shape index (κ1) is 20.1. The Morgan fingerprint density at radius 3 is 2.91 bits per heavy atom. The first-order chi connectivity index (χ1) is 15.6. The zero-order valence-electron chi connectivity index (χ0n) is 17.8. The number of carbonyl (C=O) groups excluding carboxylic acids is 1. The van der Waals surface area contributed by atoms with Gasteiger partial charge in [0.2, 0.25) is 0 Å². The third kappa shape index (κ3) is 3.66. The van der Waals surface area contributed by atoms with Crippen molar-refractivity contribution >= 4 is 22.6 Å². The van der Waals surface area contributed by atoms with Gasteiger partial charge in [0.15, 0.2) is 11.3 Å². The van der Waals surface area contributed by atoms with Crippen molar-refractivity contribution < 1.29 is 13.9 Å². The minimum absolute atomic E-state index is 0.0647. The van der Waals surface area contributed by atoms with Crippen LogP contribution in [-0.2, 0) is 13.0 Å². The highest BCUT2D eigenvalue weighted by atomic mass is 16.5. The van der Waals surface area contributed by atoms with Gasteiger partial charge in [0.05, 0.1) is 18.0 Å². The molecule has 1 aliphatic heterocycles. The second kappa shape index (κ2) is 8.34. The Morgan fingerprint density at radius 1 is 1.19 bits per heavy atom. The zero-order valence-corrected chi connectivity index (χ0v) is 17.8. The van der Waals surface area contributed by atoms with Crippen molar-refractivity contribution in [3.63, 3.8) is 0 Å². The Bertz CT molecular complexity index is 1350. The average Bonchev–Trinajstić information content (AvgIpc) is 3.24. The highest BCUT2D eigenvalue weighted by Crippen LogP contribution is 2.30. The van der Waals surface area contributed by atoms with Gasteiger partial charge >= 0.3 is 5.63 Å². The van der Waals surface area contributed by atoms with E-state index in [0.717, 1.165) is 42.9 Å². The summed E-state index contributed by atoms with van der Waals surface area (Å²) in [6, 6.07) is 14.3. The zero-order chi connectivity index (χ0) is 22.1. The predicted octanol–water partition coefficient (Wildman–Crippen LogP) is 4.64. The minimum atomic E-state index is -0.711. The molecule has 2 aromatic heterocycles. The molecule has 7 nitrogen and oxygen atoms in total. The largest absolute Gasteiger partial charge is 0.490 e. The number of imidazole rings is 1. The number of nitrogens with one attached hydrogen (secondary N) is 1. The summed E-state index contributed by atoms with van der Waals surface area (Å²) in [6.45, 7) is 3.25. The predicted molar refractivity (Wildman–Crippen MR) is 122 cm³/mol. The minimum Gasteiger partial charge on any atom is -0.490 e. The maximum atomic E-state index is 13.0.